The van der Waals surface area contributed by atoms with E-state index in [9.17, 15) is 4.39 Å². The summed E-state index contributed by atoms with van der Waals surface area (Å²) in [5, 5.41) is 8.38. The molecule has 4 aromatic rings. The van der Waals surface area contributed by atoms with E-state index in [1.165, 1.54) is 24.8 Å². The number of fused-ring (bicyclic) bond motifs is 1. The van der Waals surface area contributed by atoms with Crippen molar-refractivity contribution < 1.29 is 4.39 Å². The molecule has 1 aromatic carbocycles. The summed E-state index contributed by atoms with van der Waals surface area (Å²) in [6.45, 7) is 6.02. The van der Waals surface area contributed by atoms with Crippen LogP contribution in [0.4, 0.5) is 4.39 Å². The van der Waals surface area contributed by atoms with Gasteiger partial charge < -0.3 is 5.41 Å². The van der Waals surface area contributed by atoms with Gasteiger partial charge in [-0.2, -0.15) is 0 Å². The molecule has 0 aliphatic carbocycles. The molecule has 0 radical (unpaired) electrons. The van der Waals surface area contributed by atoms with Crippen LogP contribution in [-0.4, -0.2) is 27.3 Å². The quantitative estimate of drug-likeness (QED) is 0.134. The summed E-state index contributed by atoms with van der Waals surface area (Å²) in [6.07, 6.45) is 8.35. The van der Waals surface area contributed by atoms with Crippen molar-refractivity contribution in [1.29, 1.82) is 5.41 Å². The van der Waals surface area contributed by atoms with Crippen LogP contribution in [0, 0.1) is 18.2 Å². The Balaban J connectivity index is 1.88. The fourth-order valence-corrected chi connectivity index (χ4v) is 5.47. The summed E-state index contributed by atoms with van der Waals surface area (Å²) < 4.78 is 14.9. The monoisotopic (exact) mass is 530 g/mol. The van der Waals surface area contributed by atoms with Crippen LogP contribution in [0.25, 0.3) is 27.8 Å². The molecular formula is C30H29ClFN4P. The maximum Gasteiger partial charge on any atom is 0.130 e. The Labute approximate surface area is 224 Å². The predicted molar refractivity (Wildman–Crippen MR) is 156 cm³/mol. The maximum absolute atomic E-state index is 14.9. The molecule has 0 saturated heterocycles. The van der Waals surface area contributed by atoms with Gasteiger partial charge in [0, 0.05) is 45.9 Å². The number of hydrogen-bond donors (Lipinski definition) is 1. The first-order valence-corrected chi connectivity index (χ1v) is 13.9. The Kier molecular flexibility index (Phi) is 8.91. The fraction of sp³-hybridized carbons (Fsp3) is 0.200. The first kappa shape index (κ1) is 26.8. The zero-order valence-corrected chi connectivity index (χ0v) is 22.9. The summed E-state index contributed by atoms with van der Waals surface area (Å²) in [7, 11) is 0.657. The molecule has 7 heteroatoms. The van der Waals surface area contributed by atoms with Crippen LogP contribution in [0.1, 0.15) is 54.8 Å². The van der Waals surface area contributed by atoms with E-state index in [1.54, 1.807) is 18.5 Å². The summed E-state index contributed by atoms with van der Waals surface area (Å²) >= 11 is 6.23. The van der Waals surface area contributed by atoms with Gasteiger partial charge in [-0.15, -0.1) is 0 Å². The average Bonchev–Trinajstić information content (AvgIpc) is 2.91. The summed E-state index contributed by atoms with van der Waals surface area (Å²) in [4.78, 5) is 14.2. The standard InChI is InChI=1S/C30H29ClFN4P/c1-4-5-13-37-18-22(16-33)21-14-28-26(35-17-21)10-11-27(36-28)29(30-19(2)7-6-12-34-30)20(3)24-15-23(31)8-9-25(24)32/h6-12,14-18,33,37H,4-5,13H2,1-3H3/b22-18+,29-20+,33-16?. The lowest BCUT2D eigenvalue weighted by Gasteiger charge is -2.16. The molecule has 0 spiro atoms. The van der Waals surface area contributed by atoms with Gasteiger partial charge in [0.25, 0.3) is 0 Å². The largest absolute Gasteiger partial charge is 0.308 e. The number of aromatic nitrogens is 3. The summed E-state index contributed by atoms with van der Waals surface area (Å²) in [5.41, 5.74) is 7.31. The van der Waals surface area contributed by atoms with Crippen molar-refractivity contribution >= 4 is 54.1 Å². The molecule has 0 amide bonds. The van der Waals surface area contributed by atoms with E-state index in [-0.39, 0.29) is 5.82 Å². The molecule has 4 nitrogen and oxygen atoms in total. The zero-order valence-electron chi connectivity index (χ0n) is 21.1. The number of aryl methyl sites for hydroxylation is 1. The Morgan fingerprint density at radius 3 is 2.70 bits per heavy atom. The van der Waals surface area contributed by atoms with Crippen LogP contribution in [0.15, 0.2) is 66.7 Å². The molecule has 0 bridgehead atoms. The molecule has 37 heavy (non-hydrogen) atoms. The number of pyridine rings is 3. The lowest BCUT2D eigenvalue weighted by Crippen LogP contribution is -2.02. The van der Waals surface area contributed by atoms with Gasteiger partial charge in [0.1, 0.15) is 5.82 Å². The number of benzene rings is 1. The SMILES string of the molecule is CCCCP/C=C(\C=N)c1cnc2ccc(/C(=C(/C)c3cc(Cl)ccc3F)c3ncccc3C)nc2c1. The molecule has 188 valence electrons. The Hall–Kier alpha value is -3.27. The van der Waals surface area contributed by atoms with E-state index in [2.05, 4.69) is 22.7 Å². The Morgan fingerprint density at radius 2 is 1.95 bits per heavy atom. The molecule has 1 atom stereocenters. The summed E-state index contributed by atoms with van der Waals surface area (Å²) in [5.74, 6) is 1.76. The molecule has 3 heterocycles. The van der Waals surface area contributed by atoms with Gasteiger partial charge in [-0.05, 0) is 80.0 Å². The number of nitrogens with zero attached hydrogens (tertiary/aromatic N) is 3. The maximum atomic E-state index is 14.9. The van der Waals surface area contributed by atoms with Crippen LogP contribution in [0.3, 0.4) is 0 Å². The van der Waals surface area contributed by atoms with Crippen molar-refractivity contribution in [1.82, 2.24) is 15.0 Å². The normalized spacial score (nSPS) is 12.8. The van der Waals surface area contributed by atoms with E-state index >= 15 is 0 Å². The van der Waals surface area contributed by atoms with Crippen LogP contribution in [-0.2, 0) is 0 Å². The highest BCUT2D eigenvalue weighted by Crippen LogP contribution is 2.34. The third-order valence-electron chi connectivity index (χ3n) is 6.17. The van der Waals surface area contributed by atoms with E-state index in [1.807, 2.05) is 44.2 Å². The van der Waals surface area contributed by atoms with Crippen LogP contribution in [0.2, 0.25) is 5.02 Å². The van der Waals surface area contributed by atoms with Crippen LogP contribution >= 0.6 is 20.2 Å². The van der Waals surface area contributed by atoms with Gasteiger partial charge in [-0.1, -0.05) is 45.4 Å². The molecule has 0 saturated carbocycles. The molecule has 4 rings (SSSR count). The minimum atomic E-state index is -0.359. The molecule has 0 aliphatic heterocycles. The topological polar surface area (TPSA) is 62.5 Å². The third kappa shape index (κ3) is 6.18. The second-order valence-corrected chi connectivity index (χ2v) is 10.4. The molecular weight excluding hydrogens is 502 g/mol. The van der Waals surface area contributed by atoms with Crippen LogP contribution in [0.5, 0.6) is 0 Å². The van der Waals surface area contributed by atoms with Gasteiger partial charge in [-0.25, -0.2) is 9.37 Å². The highest BCUT2D eigenvalue weighted by molar-refractivity contribution is 7.42. The fourth-order valence-electron chi connectivity index (χ4n) is 4.13. The van der Waals surface area contributed by atoms with Crippen molar-refractivity contribution in [2.24, 2.45) is 0 Å². The third-order valence-corrected chi connectivity index (χ3v) is 7.56. The van der Waals surface area contributed by atoms with E-state index in [4.69, 9.17) is 22.0 Å². The zero-order chi connectivity index (χ0) is 26.4. The van der Waals surface area contributed by atoms with Gasteiger partial charge in [0.05, 0.1) is 22.4 Å². The van der Waals surface area contributed by atoms with E-state index in [0.29, 0.717) is 36.0 Å². The molecule has 1 unspecified atom stereocenters. The Bertz CT molecular complexity index is 1510. The average molecular weight is 531 g/mol. The first-order valence-electron chi connectivity index (χ1n) is 12.2. The van der Waals surface area contributed by atoms with Gasteiger partial charge in [0.2, 0.25) is 0 Å². The van der Waals surface area contributed by atoms with Crippen molar-refractivity contribution in [2.75, 3.05) is 6.16 Å². The number of nitrogens with one attached hydrogen (secondary N) is 1. The van der Waals surface area contributed by atoms with Crippen molar-refractivity contribution in [2.45, 2.75) is 33.6 Å². The minimum Gasteiger partial charge on any atom is -0.308 e. The smallest absolute Gasteiger partial charge is 0.130 e. The number of halogens is 2. The summed E-state index contributed by atoms with van der Waals surface area (Å²) in [6, 6.07) is 14.2. The number of hydrogen-bond acceptors (Lipinski definition) is 4. The molecule has 3 aromatic heterocycles. The van der Waals surface area contributed by atoms with Crippen molar-refractivity contribution in [3.8, 4) is 0 Å². The van der Waals surface area contributed by atoms with Gasteiger partial charge in [-0.3, -0.25) is 9.97 Å². The second-order valence-electron chi connectivity index (χ2n) is 8.80. The Morgan fingerprint density at radius 1 is 1.11 bits per heavy atom. The number of rotatable bonds is 9. The lowest BCUT2D eigenvalue weighted by molar-refractivity contribution is 0.624. The molecule has 1 N–H and O–H groups in total. The predicted octanol–water partition coefficient (Wildman–Crippen LogP) is 8.57. The highest BCUT2D eigenvalue weighted by Gasteiger charge is 2.18. The molecule has 0 fully saturated rings. The number of unbranched alkanes of at least 4 members (excludes halogenated alkanes) is 1. The van der Waals surface area contributed by atoms with Gasteiger partial charge >= 0.3 is 0 Å². The highest BCUT2D eigenvalue weighted by atomic mass is 35.5. The van der Waals surface area contributed by atoms with Gasteiger partial charge in [0.15, 0.2) is 0 Å². The minimum absolute atomic E-state index is 0.359. The van der Waals surface area contributed by atoms with Crippen LogP contribution < -0.4 is 0 Å². The first-order chi connectivity index (χ1) is 17.9. The lowest BCUT2D eigenvalue weighted by atomic mass is 9.93. The van der Waals surface area contributed by atoms with E-state index < -0.39 is 0 Å². The second kappa shape index (κ2) is 12.3. The van der Waals surface area contributed by atoms with E-state index in [0.717, 1.165) is 46.1 Å². The molecule has 0 aliphatic rings. The number of allylic oxidation sites excluding steroid dienone is 2. The van der Waals surface area contributed by atoms with Crippen molar-refractivity contribution in [3.05, 3.63) is 106 Å². The van der Waals surface area contributed by atoms with Crippen molar-refractivity contribution in [3.63, 3.8) is 0 Å².